The summed E-state index contributed by atoms with van der Waals surface area (Å²) in [4.78, 5) is 15.5. The zero-order chi connectivity index (χ0) is 23.7. The number of anilines is 1. The van der Waals surface area contributed by atoms with Gasteiger partial charge in [-0.25, -0.2) is 8.42 Å². The molecular formula is C26H33N3O4S. The van der Waals surface area contributed by atoms with Crippen molar-refractivity contribution in [1.29, 1.82) is 0 Å². The van der Waals surface area contributed by atoms with E-state index in [1.807, 2.05) is 0 Å². The number of piperidine rings is 1. The highest BCUT2D eigenvalue weighted by molar-refractivity contribution is 7.89. The van der Waals surface area contributed by atoms with Gasteiger partial charge in [-0.2, -0.15) is 4.31 Å². The van der Waals surface area contributed by atoms with Crippen molar-refractivity contribution in [2.24, 2.45) is 0 Å². The molecule has 2 fully saturated rings. The van der Waals surface area contributed by atoms with Crippen LogP contribution in [0.5, 0.6) is 5.75 Å². The molecule has 1 N–H and O–H groups in total. The second-order valence-electron chi connectivity index (χ2n) is 9.54. The molecule has 2 aromatic rings. The first kappa shape index (κ1) is 23.3. The molecule has 7 nitrogen and oxygen atoms in total. The summed E-state index contributed by atoms with van der Waals surface area (Å²) in [6.07, 6.45) is 7.08. The summed E-state index contributed by atoms with van der Waals surface area (Å²) in [6, 6.07) is 14.1. The number of methoxy groups -OCH3 is 1. The van der Waals surface area contributed by atoms with Gasteiger partial charge in [-0.1, -0.05) is 30.7 Å². The van der Waals surface area contributed by atoms with Crippen LogP contribution >= 0.6 is 0 Å². The van der Waals surface area contributed by atoms with Crippen molar-refractivity contribution in [1.82, 2.24) is 9.21 Å². The first-order valence-corrected chi connectivity index (χ1v) is 13.7. The molecule has 0 spiro atoms. The quantitative estimate of drug-likeness (QED) is 0.615. The van der Waals surface area contributed by atoms with Crippen molar-refractivity contribution >= 4 is 21.6 Å². The van der Waals surface area contributed by atoms with Gasteiger partial charge in [-0.05, 0) is 67.9 Å². The number of carbonyl (C=O) groups excluding carboxylic acids is 1. The molecule has 182 valence electrons. The summed E-state index contributed by atoms with van der Waals surface area (Å²) in [5.41, 5.74) is 3.19. The van der Waals surface area contributed by atoms with Gasteiger partial charge in [0.05, 0.1) is 13.7 Å². The van der Waals surface area contributed by atoms with Gasteiger partial charge < -0.3 is 10.1 Å². The summed E-state index contributed by atoms with van der Waals surface area (Å²) in [5.74, 6) is 0.175. The number of benzene rings is 2. The van der Waals surface area contributed by atoms with E-state index < -0.39 is 10.0 Å². The lowest BCUT2D eigenvalue weighted by Crippen LogP contribution is -2.37. The van der Waals surface area contributed by atoms with Crippen LogP contribution in [0.25, 0.3) is 0 Å². The first-order chi connectivity index (χ1) is 16.5. The smallest absolute Gasteiger partial charge is 0.246 e. The van der Waals surface area contributed by atoms with E-state index >= 15 is 0 Å². The second-order valence-corrected chi connectivity index (χ2v) is 11.4. The highest BCUT2D eigenvalue weighted by atomic mass is 32.2. The van der Waals surface area contributed by atoms with Gasteiger partial charge in [0.1, 0.15) is 10.6 Å². The number of sulfonamides is 1. The summed E-state index contributed by atoms with van der Waals surface area (Å²) >= 11 is 0. The van der Waals surface area contributed by atoms with Gasteiger partial charge in [0.2, 0.25) is 15.9 Å². The summed E-state index contributed by atoms with van der Waals surface area (Å²) < 4.78 is 33.5. The van der Waals surface area contributed by atoms with E-state index in [9.17, 15) is 13.2 Å². The van der Waals surface area contributed by atoms with E-state index in [4.69, 9.17) is 4.74 Å². The minimum absolute atomic E-state index is 0.110. The maximum atomic E-state index is 13.3. The molecule has 1 aliphatic heterocycles. The third-order valence-corrected chi connectivity index (χ3v) is 9.14. The number of nitrogens with zero attached hydrogens (tertiary/aromatic N) is 2. The zero-order valence-electron chi connectivity index (χ0n) is 19.7. The van der Waals surface area contributed by atoms with Crippen LogP contribution in [0.15, 0.2) is 47.4 Å². The van der Waals surface area contributed by atoms with Crippen molar-refractivity contribution < 1.29 is 17.9 Å². The molecule has 34 heavy (non-hydrogen) atoms. The number of hydrogen-bond donors (Lipinski definition) is 1. The van der Waals surface area contributed by atoms with Crippen LogP contribution in [0.2, 0.25) is 0 Å². The van der Waals surface area contributed by atoms with E-state index in [0.29, 0.717) is 37.1 Å². The van der Waals surface area contributed by atoms with Crippen LogP contribution in [0.4, 0.5) is 5.69 Å². The fourth-order valence-corrected chi connectivity index (χ4v) is 7.04. The summed E-state index contributed by atoms with van der Waals surface area (Å²) in [6.45, 7) is 1.33. The Bertz CT molecular complexity index is 1160. The Hall–Kier alpha value is -2.42. The van der Waals surface area contributed by atoms with E-state index in [0.717, 1.165) is 44.9 Å². The van der Waals surface area contributed by atoms with Crippen LogP contribution in [0, 0.1) is 0 Å². The Morgan fingerprint density at radius 1 is 1.09 bits per heavy atom. The van der Waals surface area contributed by atoms with E-state index in [1.54, 1.807) is 12.1 Å². The van der Waals surface area contributed by atoms with E-state index in [-0.39, 0.29) is 16.8 Å². The Morgan fingerprint density at radius 3 is 2.59 bits per heavy atom. The van der Waals surface area contributed by atoms with Crippen LogP contribution in [0.1, 0.15) is 55.7 Å². The number of amides is 1. The van der Waals surface area contributed by atoms with Gasteiger partial charge in [0, 0.05) is 30.9 Å². The largest absolute Gasteiger partial charge is 0.495 e. The molecule has 1 heterocycles. The molecule has 1 amide bonds. The molecule has 0 bridgehead atoms. The molecule has 3 aliphatic rings. The molecule has 2 aliphatic carbocycles. The minimum atomic E-state index is -3.69. The minimum Gasteiger partial charge on any atom is -0.495 e. The molecule has 1 unspecified atom stereocenters. The topological polar surface area (TPSA) is 79.0 Å². The van der Waals surface area contributed by atoms with E-state index in [2.05, 4.69) is 34.5 Å². The molecule has 8 heteroatoms. The molecule has 1 atom stereocenters. The standard InChI is InChI=1S/C26H33N3O4S/c1-33-24-14-10-20(17-25(24)34(31,32)28-15-5-2-6-16-28)27-26(30)18-29(21-11-12-21)23-13-9-19-7-3-4-8-22(19)23/h3-4,7-8,10,14,17,21,23H,2,5-6,9,11-13,15-16,18H2,1H3,(H,27,30). The van der Waals surface area contributed by atoms with Crippen molar-refractivity contribution in [2.75, 3.05) is 32.1 Å². The maximum Gasteiger partial charge on any atom is 0.246 e. The number of ether oxygens (including phenoxy) is 1. The third kappa shape index (κ3) is 4.72. The number of nitrogens with one attached hydrogen (secondary N) is 1. The molecule has 2 aromatic carbocycles. The lowest BCUT2D eigenvalue weighted by atomic mass is 10.1. The zero-order valence-corrected chi connectivity index (χ0v) is 20.5. The predicted molar refractivity (Wildman–Crippen MR) is 131 cm³/mol. The lowest BCUT2D eigenvalue weighted by Gasteiger charge is -2.29. The Kier molecular flexibility index (Phi) is 6.64. The van der Waals surface area contributed by atoms with Crippen molar-refractivity contribution in [3.8, 4) is 5.75 Å². The van der Waals surface area contributed by atoms with Crippen LogP contribution < -0.4 is 10.1 Å². The fraction of sp³-hybridized carbons (Fsp3) is 0.500. The molecular weight excluding hydrogens is 450 g/mol. The molecule has 1 saturated carbocycles. The number of fused-ring (bicyclic) bond motifs is 1. The third-order valence-electron chi connectivity index (χ3n) is 7.22. The number of hydrogen-bond acceptors (Lipinski definition) is 5. The van der Waals surface area contributed by atoms with Crippen molar-refractivity contribution in [3.63, 3.8) is 0 Å². The van der Waals surface area contributed by atoms with Crippen LogP contribution in [0.3, 0.4) is 0 Å². The van der Waals surface area contributed by atoms with Gasteiger partial charge in [0.25, 0.3) is 0 Å². The lowest BCUT2D eigenvalue weighted by molar-refractivity contribution is -0.118. The predicted octanol–water partition coefficient (Wildman–Crippen LogP) is 3.96. The van der Waals surface area contributed by atoms with Crippen LogP contribution in [-0.4, -0.2) is 56.3 Å². The van der Waals surface area contributed by atoms with Crippen LogP contribution in [-0.2, 0) is 21.2 Å². The molecule has 0 aromatic heterocycles. The first-order valence-electron chi connectivity index (χ1n) is 12.3. The maximum absolute atomic E-state index is 13.3. The Labute approximate surface area is 202 Å². The average Bonchev–Trinajstić information content (AvgIpc) is 3.62. The number of rotatable bonds is 8. The summed E-state index contributed by atoms with van der Waals surface area (Å²) in [5, 5.41) is 2.95. The van der Waals surface area contributed by atoms with Crippen molar-refractivity contribution in [2.45, 2.75) is 61.9 Å². The monoisotopic (exact) mass is 483 g/mol. The average molecular weight is 484 g/mol. The SMILES string of the molecule is COc1ccc(NC(=O)CN(C2CC2)C2CCc3ccccc32)cc1S(=O)(=O)N1CCCCC1. The number of carbonyl (C=O) groups is 1. The second kappa shape index (κ2) is 9.68. The molecule has 1 saturated heterocycles. The Balaban J connectivity index is 1.33. The van der Waals surface area contributed by atoms with E-state index in [1.165, 1.54) is 28.6 Å². The van der Waals surface area contributed by atoms with Crippen molar-refractivity contribution in [3.05, 3.63) is 53.6 Å². The van der Waals surface area contributed by atoms with Gasteiger partial charge >= 0.3 is 0 Å². The van der Waals surface area contributed by atoms with Gasteiger partial charge in [-0.15, -0.1) is 0 Å². The van der Waals surface area contributed by atoms with Gasteiger partial charge in [0.15, 0.2) is 0 Å². The molecule has 0 radical (unpaired) electrons. The molecule has 5 rings (SSSR count). The summed E-state index contributed by atoms with van der Waals surface area (Å²) in [7, 11) is -2.22. The highest BCUT2D eigenvalue weighted by Crippen LogP contribution is 2.41. The van der Waals surface area contributed by atoms with Gasteiger partial charge in [-0.3, -0.25) is 9.69 Å². The Morgan fingerprint density at radius 2 is 1.85 bits per heavy atom. The number of aryl methyl sites for hydroxylation is 1. The normalized spacial score (nSPS) is 20.8. The fourth-order valence-electron chi connectivity index (χ4n) is 5.35. The highest BCUT2D eigenvalue weighted by Gasteiger charge is 2.38.